The van der Waals surface area contributed by atoms with Crippen molar-refractivity contribution in [3.8, 4) is 0 Å². The van der Waals surface area contributed by atoms with Gasteiger partial charge in [0.15, 0.2) is 0 Å². The topological polar surface area (TPSA) is 43.1 Å². The summed E-state index contributed by atoms with van der Waals surface area (Å²) in [5.41, 5.74) is 1.21. The number of nitro groups is 1. The fraction of sp³-hybridized carbons (Fsp3) is 0.333. The molecule has 0 amide bonds. The van der Waals surface area contributed by atoms with Gasteiger partial charge in [-0.15, -0.1) is 0 Å². The Bertz CT molecular complexity index is 344. The Balaban J connectivity index is 2.89. The maximum atomic E-state index is 10.6. The zero-order valence-corrected chi connectivity index (χ0v) is 11.1. The summed E-state index contributed by atoms with van der Waals surface area (Å²) in [5, 5.41) is 11.5. The van der Waals surface area contributed by atoms with Gasteiger partial charge in [-0.05, 0) is 47.1 Å². The lowest BCUT2D eigenvalue weighted by atomic mass is 10.1. The molecule has 0 atom stereocenters. The molecule has 0 saturated heterocycles. The van der Waals surface area contributed by atoms with Crippen molar-refractivity contribution in [3.63, 3.8) is 0 Å². The molecule has 0 aliphatic carbocycles. The van der Waals surface area contributed by atoms with Crippen molar-refractivity contribution >= 4 is 44.2 Å². The summed E-state index contributed by atoms with van der Waals surface area (Å²) >= 11 is 5.44. The van der Waals surface area contributed by atoms with Gasteiger partial charge in [-0.2, -0.15) is 0 Å². The highest BCUT2D eigenvalue weighted by Crippen LogP contribution is 2.19. The number of benzene rings is 1. The molecule has 1 aromatic rings. The second-order valence-electron chi connectivity index (χ2n) is 2.87. The van der Waals surface area contributed by atoms with E-state index in [0.29, 0.717) is 0 Å². The highest BCUT2D eigenvalue weighted by atomic mass is 127. The van der Waals surface area contributed by atoms with Crippen LogP contribution in [0, 0.1) is 13.7 Å². The Hall–Kier alpha value is -0.170. The van der Waals surface area contributed by atoms with Gasteiger partial charge in [-0.3, -0.25) is 10.1 Å². The standard InChI is InChI=1S/C9H9BrINO2/c10-3-1-2-7-4-8(11)6-9(5-7)12(13)14/h4-6H,1-3H2. The third kappa shape index (κ3) is 3.53. The minimum Gasteiger partial charge on any atom is -0.258 e. The van der Waals surface area contributed by atoms with E-state index in [4.69, 9.17) is 0 Å². The number of hydrogen-bond acceptors (Lipinski definition) is 2. The molecule has 14 heavy (non-hydrogen) atoms. The zero-order valence-electron chi connectivity index (χ0n) is 7.37. The van der Waals surface area contributed by atoms with Gasteiger partial charge in [-0.1, -0.05) is 15.9 Å². The number of halogens is 2. The molecule has 0 unspecified atom stereocenters. The van der Waals surface area contributed by atoms with Crippen LogP contribution in [-0.4, -0.2) is 10.3 Å². The predicted molar refractivity (Wildman–Crippen MR) is 67.9 cm³/mol. The van der Waals surface area contributed by atoms with Crippen molar-refractivity contribution in [2.24, 2.45) is 0 Å². The molecule has 0 aliphatic rings. The van der Waals surface area contributed by atoms with Crippen LogP contribution in [0.3, 0.4) is 0 Å². The van der Waals surface area contributed by atoms with E-state index in [1.165, 1.54) is 0 Å². The molecule has 0 radical (unpaired) electrons. The van der Waals surface area contributed by atoms with Crippen molar-refractivity contribution in [2.75, 3.05) is 5.33 Å². The van der Waals surface area contributed by atoms with E-state index in [2.05, 4.69) is 38.5 Å². The quantitative estimate of drug-likeness (QED) is 0.352. The Morgan fingerprint density at radius 3 is 2.71 bits per heavy atom. The Morgan fingerprint density at radius 1 is 1.43 bits per heavy atom. The summed E-state index contributed by atoms with van der Waals surface area (Å²) < 4.78 is 0.918. The van der Waals surface area contributed by atoms with Gasteiger partial charge in [-0.25, -0.2) is 0 Å². The first kappa shape index (κ1) is 11.9. The lowest BCUT2D eigenvalue weighted by Gasteiger charge is -2.00. The van der Waals surface area contributed by atoms with Crippen LogP contribution in [0.1, 0.15) is 12.0 Å². The number of non-ortho nitro benzene ring substituents is 1. The van der Waals surface area contributed by atoms with Crippen LogP contribution in [0.4, 0.5) is 5.69 Å². The van der Waals surface area contributed by atoms with E-state index in [-0.39, 0.29) is 10.6 Å². The number of rotatable bonds is 4. The van der Waals surface area contributed by atoms with Crippen LogP contribution in [0.15, 0.2) is 18.2 Å². The minimum absolute atomic E-state index is 0.182. The van der Waals surface area contributed by atoms with Crippen molar-refractivity contribution in [2.45, 2.75) is 12.8 Å². The molecule has 76 valence electrons. The SMILES string of the molecule is O=[N+]([O-])c1cc(I)cc(CCCBr)c1. The fourth-order valence-electron chi connectivity index (χ4n) is 1.15. The zero-order chi connectivity index (χ0) is 10.6. The largest absolute Gasteiger partial charge is 0.270 e. The highest BCUT2D eigenvalue weighted by Gasteiger charge is 2.07. The first-order valence-corrected chi connectivity index (χ1v) is 6.33. The number of nitrogens with zero attached hydrogens (tertiary/aromatic N) is 1. The number of nitro benzene ring substituents is 1. The average Bonchev–Trinajstić information content (AvgIpc) is 2.14. The molecule has 3 nitrogen and oxygen atoms in total. The molecule has 0 fully saturated rings. The summed E-state index contributed by atoms with van der Waals surface area (Å²) in [4.78, 5) is 10.2. The molecule has 0 heterocycles. The highest BCUT2D eigenvalue weighted by molar-refractivity contribution is 14.1. The van der Waals surface area contributed by atoms with Crippen molar-refractivity contribution in [3.05, 3.63) is 37.4 Å². The molecule has 0 bridgehead atoms. The van der Waals surface area contributed by atoms with Crippen LogP contribution in [-0.2, 0) is 6.42 Å². The molecule has 0 N–H and O–H groups in total. The lowest BCUT2D eigenvalue weighted by molar-refractivity contribution is -0.385. The maximum Gasteiger partial charge on any atom is 0.270 e. The summed E-state index contributed by atoms with van der Waals surface area (Å²) in [5.74, 6) is 0. The Kier molecular flexibility index (Phi) is 4.80. The number of aryl methyl sites for hydroxylation is 1. The second-order valence-corrected chi connectivity index (χ2v) is 4.91. The molecule has 0 spiro atoms. The third-order valence-electron chi connectivity index (χ3n) is 1.75. The molecule has 1 rings (SSSR count). The molecular weight excluding hydrogens is 361 g/mol. The summed E-state index contributed by atoms with van der Waals surface area (Å²) in [6.45, 7) is 0. The maximum absolute atomic E-state index is 10.6. The van der Waals surface area contributed by atoms with E-state index in [1.807, 2.05) is 6.07 Å². The van der Waals surface area contributed by atoms with Crippen molar-refractivity contribution in [1.29, 1.82) is 0 Å². The van der Waals surface area contributed by atoms with Crippen LogP contribution >= 0.6 is 38.5 Å². The predicted octanol–water partition coefficient (Wildman–Crippen LogP) is 3.53. The minimum atomic E-state index is -0.347. The first-order chi connectivity index (χ1) is 6.63. The van der Waals surface area contributed by atoms with Gasteiger partial charge in [0, 0.05) is 21.0 Å². The van der Waals surface area contributed by atoms with E-state index in [0.717, 1.165) is 27.3 Å². The van der Waals surface area contributed by atoms with E-state index >= 15 is 0 Å². The molecule has 0 saturated carbocycles. The Morgan fingerprint density at radius 2 is 2.14 bits per heavy atom. The van der Waals surface area contributed by atoms with Crippen LogP contribution in [0.2, 0.25) is 0 Å². The van der Waals surface area contributed by atoms with Gasteiger partial charge in [0.2, 0.25) is 0 Å². The molecule has 0 aromatic heterocycles. The van der Waals surface area contributed by atoms with Gasteiger partial charge in [0.25, 0.3) is 5.69 Å². The third-order valence-corrected chi connectivity index (χ3v) is 2.94. The van der Waals surface area contributed by atoms with Crippen LogP contribution in [0.5, 0.6) is 0 Å². The molecule has 0 aliphatic heterocycles. The number of hydrogen-bond donors (Lipinski definition) is 0. The van der Waals surface area contributed by atoms with Crippen LogP contribution in [0.25, 0.3) is 0 Å². The second kappa shape index (κ2) is 5.65. The van der Waals surface area contributed by atoms with E-state index < -0.39 is 0 Å². The van der Waals surface area contributed by atoms with Gasteiger partial charge >= 0.3 is 0 Å². The molecular formula is C9H9BrINO2. The van der Waals surface area contributed by atoms with Gasteiger partial charge < -0.3 is 0 Å². The van der Waals surface area contributed by atoms with Crippen molar-refractivity contribution < 1.29 is 4.92 Å². The monoisotopic (exact) mass is 369 g/mol. The summed E-state index contributed by atoms with van der Waals surface area (Å²) in [7, 11) is 0. The number of alkyl halides is 1. The fourth-order valence-corrected chi connectivity index (χ4v) is 2.15. The van der Waals surface area contributed by atoms with Crippen LogP contribution < -0.4 is 0 Å². The summed E-state index contributed by atoms with van der Waals surface area (Å²) in [6.07, 6.45) is 1.88. The lowest BCUT2D eigenvalue weighted by Crippen LogP contribution is -1.93. The smallest absolute Gasteiger partial charge is 0.258 e. The van der Waals surface area contributed by atoms with Crippen molar-refractivity contribution in [1.82, 2.24) is 0 Å². The van der Waals surface area contributed by atoms with E-state index in [1.54, 1.807) is 12.1 Å². The van der Waals surface area contributed by atoms with E-state index in [9.17, 15) is 10.1 Å². The summed E-state index contributed by atoms with van der Waals surface area (Å²) in [6, 6.07) is 5.21. The first-order valence-electron chi connectivity index (χ1n) is 4.13. The molecule has 1 aromatic carbocycles. The van der Waals surface area contributed by atoms with Gasteiger partial charge in [0.05, 0.1) is 4.92 Å². The Labute approximate surface area is 104 Å². The molecule has 5 heteroatoms. The average molecular weight is 370 g/mol. The van der Waals surface area contributed by atoms with Gasteiger partial charge in [0.1, 0.15) is 0 Å². The normalized spacial score (nSPS) is 10.1.